The number of hydrogen-bond acceptors (Lipinski definition) is 6. The second-order valence-corrected chi connectivity index (χ2v) is 5.00. The fraction of sp³-hybridized carbons (Fsp3) is 0.333. The molecule has 0 radical (unpaired) electrons. The number of anilines is 1. The van der Waals surface area contributed by atoms with Gasteiger partial charge in [0.2, 0.25) is 0 Å². The average Bonchev–Trinajstić information content (AvgIpc) is 2.73. The lowest BCUT2D eigenvalue weighted by Gasteiger charge is -2.21. The molecule has 7 heteroatoms. The van der Waals surface area contributed by atoms with Crippen molar-refractivity contribution in [2.45, 2.75) is 19.8 Å². The van der Waals surface area contributed by atoms with Crippen molar-refractivity contribution >= 4 is 13.5 Å². The molecule has 3 fully saturated rings. The summed E-state index contributed by atoms with van der Waals surface area (Å²) in [6.45, 7) is 2.13. The van der Waals surface area contributed by atoms with Gasteiger partial charge >= 0.3 is 7.82 Å². The van der Waals surface area contributed by atoms with Gasteiger partial charge in [0.1, 0.15) is 0 Å². The first-order valence-corrected chi connectivity index (χ1v) is 6.54. The SMILES string of the molecule is CCCc1ccc(N2OP3(=O)ON2O3)cc1. The Morgan fingerprint density at radius 2 is 1.88 bits per heavy atom. The molecule has 0 amide bonds. The normalized spacial score (nSPS) is 31.6. The Balaban J connectivity index is 1.78. The van der Waals surface area contributed by atoms with Crippen LogP contribution in [-0.2, 0) is 24.9 Å². The molecule has 6 nitrogen and oxygen atoms in total. The van der Waals surface area contributed by atoms with Crippen molar-refractivity contribution in [3.63, 3.8) is 0 Å². The molecule has 16 heavy (non-hydrogen) atoms. The van der Waals surface area contributed by atoms with Crippen LogP contribution in [-0.4, -0.2) is 5.34 Å². The van der Waals surface area contributed by atoms with E-state index in [1.165, 1.54) is 10.7 Å². The summed E-state index contributed by atoms with van der Waals surface area (Å²) in [5, 5.41) is 2.20. The number of fused-ring (bicyclic) bond motifs is 1. The zero-order valence-electron chi connectivity index (χ0n) is 8.70. The van der Waals surface area contributed by atoms with E-state index in [1.807, 2.05) is 24.3 Å². The largest absolute Gasteiger partial charge is 0.538 e. The number of hydrazine groups is 1. The molecule has 0 aromatic heterocycles. The van der Waals surface area contributed by atoms with Crippen molar-refractivity contribution in [3.05, 3.63) is 29.8 Å². The zero-order valence-corrected chi connectivity index (χ0v) is 9.59. The molecule has 3 aliphatic rings. The van der Waals surface area contributed by atoms with E-state index in [0.717, 1.165) is 23.9 Å². The topological polar surface area (TPSA) is 51.2 Å². The van der Waals surface area contributed by atoms with Crippen LogP contribution in [0.1, 0.15) is 18.9 Å². The molecule has 3 heterocycles. The molecule has 4 rings (SSSR count). The van der Waals surface area contributed by atoms with E-state index in [0.29, 0.717) is 0 Å². The van der Waals surface area contributed by atoms with Crippen LogP contribution in [0, 0.1) is 0 Å². The summed E-state index contributed by atoms with van der Waals surface area (Å²) in [4.78, 5) is 0. The number of benzene rings is 1. The first-order chi connectivity index (χ1) is 7.70. The Hall–Kier alpha value is -0.910. The summed E-state index contributed by atoms with van der Waals surface area (Å²) >= 11 is 0. The van der Waals surface area contributed by atoms with Crippen molar-refractivity contribution in [1.82, 2.24) is 5.34 Å². The minimum atomic E-state index is -3.29. The summed E-state index contributed by atoms with van der Waals surface area (Å²) < 4.78 is 25.8. The highest BCUT2D eigenvalue weighted by molar-refractivity contribution is 7.49. The minimum Gasteiger partial charge on any atom is -0.222 e. The van der Waals surface area contributed by atoms with Crippen molar-refractivity contribution < 1.29 is 18.4 Å². The first-order valence-electron chi connectivity index (χ1n) is 5.08. The van der Waals surface area contributed by atoms with Gasteiger partial charge in [-0.1, -0.05) is 25.5 Å². The van der Waals surface area contributed by atoms with Crippen LogP contribution in [0.3, 0.4) is 0 Å². The maximum Gasteiger partial charge on any atom is 0.538 e. The van der Waals surface area contributed by atoms with E-state index < -0.39 is 7.82 Å². The Morgan fingerprint density at radius 3 is 2.38 bits per heavy atom. The van der Waals surface area contributed by atoms with Crippen molar-refractivity contribution in [2.24, 2.45) is 0 Å². The zero-order chi connectivity index (χ0) is 11.2. The molecule has 3 saturated heterocycles. The van der Waals surface area contributed by atoms with Gasteiger partial charge in [0.15, 0.2) is 0 Å². The Kier molecular flexibility index (Phi) is 2.27. The van der Waals surface area contributed by atoms with Crippen LogP contribution < -0.4 is 5.17 Å². The first kappa shape index (κ1) is 10.3. The molecular weight excluding hydrogens is 231 g/mol. The van der Waals surface area contributed by atoms with Crippen LogP contribution in [0.5, 0.6) is 0 Å². The van der Waals surface area contributed by atoms with Gasteiger partial charge in [-0.25, -0.2) is 4.57 Å². The highest BCUT2D eigenvalue weighted by Crippen LogP contribution is 2.67. The predicted molar refractivity (Wildman–Crippen MR) is 55.6 cm³/mol. The Labute approximate surface area is 92.8 Å². The molecule has 3 aliphatic heterocycles. The second kappa shape index (κ2) is 3.55. The van der Waals surface area contributed by atoms with Crippen molar-refractivity contribution in [3.8, 4) is 0 Å². The molecule has 0 atom stereocenters. The maximum atomic E-state index is 11.3. The van der Waals surface area contributed by atoms with Gasteiger partial charge in [-0.2, -0.15) is 0 Å². The lowest BCUT2D eigenvalue weighted by molar-refractivity contribution is -0.318. The van der Waals surface area contributed by atoms with Crippen LogP contribution >= 0.6 is 7.82 Å². The van der Waals surface area contributed by atoms with E-state index >= 15 is 0 Å². The maximum absolute atomic E-state index is 11.3. The third kappa shape index (κ3) is 1.55. The monoisotopic (exact) mass is 242 g/mol. The highest BCUT2D eigenvalue weighted by Gasteiger charge is 2.60. The lowest BCUT2D eigenvalue weighted by atomic mass is 10.1. The van der Waals surface area contributed by atoms with E-state index in [1.54, 1.807) is 0 Å². The molecule has 86 valence electrons. The third-order valence-corrected chi connectivity index (χ3v) is 3.40. The summed E-state index contributed by atoms with van der Waals surface area (Å²) in [6, 6.07) is 7.72. The fourth-order valence-electron chi connectivity index (χ4n) is 1.62. The summed E-state index contributed by atoms with van der Waals surface area (Å²) in [5.74, 6) is 0. The Morgan fingerprint density at radius 1 is 1.19 bits per heavy atom. The standard InChI is InChI=1S/C9H11N2O4P/c1-2-3-8-4-6-9(7-5-8)10-11-14-16(12,13-10)15-11/h4-7H,2-3H2,1H3. The van der Waals surface area contributed by atoms with Gasteiger partial charge in [-0.3, -0.25) is 0 Å². The average molecular weight is 242 g/mol. The summed E-state index contributed by atoms with van der Waals surface area (Å²) in [5.41, 5.74) is 1.97. The van der Waals surface area contributed by atoms with Crippen LogP contribution in [0.15, 0.2) is 24.3 Å². The van der Waals surface area contributed by atoms with Gasteiger partial charge in [-0.15, -0.1) is 19.0 Å². The minimum absolute atomic E-state index is 0.718. The van der Waals surface area contributed by atoms with E-state index in [-0.39, 0.29) is 0 Å². The van der Waals surface area contributed by atoms with Crippen molar-refractivity contribution in [2.75, 3.05) is 5.17 Å². The van der Waals surface area contributed by atoms with Gasteiger partial charge in [0, 0.05) is 0 Å². The smallest absolute Gasteiger partial charge is 0.222 e. The fourth-order valence-corrected chi connectivity index (χ4v) is 2.51. The van der Waals surface area contributed by atoms with Crippen LogP contribution in [0.25, 0.3) is 0 Å². The summed E-state index contributed by atoms with van der Waals surface area (Å²) in [7, 11) is -3.29. The molecule has 0 unspecified atom stereocenters. The van der Waals surface area contributed by atoms with Crippen molar-refractivity contribution in [1.29, 1.82) is 0 Å². The van der Waals surface area contributed by atoms with Crippen LogP contribution in [0.2, 0.25) is 0 Å². The molecule has 2 bridgehead atoms. The number of phosphoric acid groups is 1. The second-order valence-electron chi connectivity index (χ2n) is 3.62. The predicted octanol–water partition coefficient (Wildman–Crippen LogP) is 2.59. The molecule has 0 N–H and O–H groups in total. The number of hydrogen-bond donors (Lipinski definition) is 0. The van der Waals surface area contributed by atoms with Gasteiger partial charge < -0.3 is 0 Å². The third-order valence-electron chi connectivity index (χ3n) is 2.36. The molecule has 1 aromatic rings. The number of rotatable bonds is 3. The van der Waals surface area contributed by atoms with Gasteiger partial charge in [0.05, 0.1) is 11.0 Å². The van der Waals surface area contributed by atoms with E-state index in [4.69, 9.17) is 13.9 Å². The molecule has 1 aromatic carbocycles. The molecular formula is C9H11N2O4P. The molecule has 0 spiro atoms. The molecule has 0 aliphatic carbocycles. The Bertz CT molecular complexity index is 439. The quantitative estimate of drug-likeness (QED) is 0.759. The van der Waals surface area contributed by atoms with Gasteiger partial charge in [0.25, 0.3) is 0 Å². The number of aryl methyl sites for hydroxylation is 1. The van der Waals surface area contributed by atoms with Gasteiger partial charge in [-0.05, 0) is 24.1 Å². The summed E-state index contributed by atoms with van der Waals surface area (Å²) in [6.07, 6.45) is 2.14. The molecule has 0 saturated carbocycles. The highest BCUT2D eigenvalue weighted by atomic mass is 31.2. The van der Waals surface area contributed by atoms with Crippen LogP contribution in [0.4, 0.5) is 5.69 Å². The van der Waals surface area contributed by atoms with E-state index in [9.17, 15) is 4.57 Å². The lowest BCUT2D eigenvalue weighted by Crippen LogP contribution is -2.34. The number of nitrogens with zero attached hydrogens (tertiary/aromatic N) is 2. The van der Waals surface area contributed by atoms with E-state index in [2.05, 4.69) is 6.92 Å².